The van der Waals surface area contributed by atoms with Crippen molar-refractivity contribution >= 4 is 40.1 Å². The second kappa shape index (κ2) is 5.02. The Labute approximate surface area is 142 Å². The molecule has 1 nitrogen and oxygen atoms in total. The molecule has 2 aromatic rings. The van der Waals surface area contributed by atoms with E-state index in [4.69, 9.17) is 0 Å². The highest BCUT2D eigenvalue weighted by molar-refractivity contribution is 8.10. The lowest BCUT2D eigenvalue weighted by molar-refractivity contribution is -0.116. The smallest absolute Gasteiger partial charge is 0.181 e. The van der Waals surface area contributed by atoms with E-state index in [0.717, 1.165) is 15.4 Å². The van der Waals surface area contributed by atoms with Gasteiger partial charge in [0.05, 0.1) is 10.8 Å². The lowest BCUT2D eigenvalue weighted by Gasteiger charge is -2.28. The summed E-state index contributed by atoms with van der Waals surface area (Å²) in [7, 11) is 0. The second-order valence-electron chi connectivity index (χ2n) is 5.77. The molecule has 2 aliphatic carbocycles. The third-order valence-electron chi connectivity index (χ3n) is 4.33. The summed E-state index contributed by atoms with van der Waals surface area (Å²) in [5.41, 5.74) is 1.11. The van der Waals surface area contributed by atoms with Crippen LogP contribution in [0.4, 0.5) is 0 Å². The zero-order valence-electron chi connectivity index (χ0n) is 12.2. The normalized spacial score (nSPS) is 21.8. The molecule has 0 radical (unpaired) electrons. The van der Waals surface area contributed by atoms with E-state index in [1.165, 1.54) is 20.6 Å². The van der Waals surface area contributed by atoms with Gasteiger partial charge in [-0.1, -0.05) is 72.1 Å². The molecule has 0 saturated carbocycles. The minimum absolute atomic E-state index is 0.103. The van der Waals surface area contributed by atoms with Crippen LogP contribution in [0.5, 0.6) is 0 Å². The average molecular weight is 332 g/mol. The highest BCUT2D eigenvalue weighted by Crippen LogP contribution is 2.52. The Balaban J connectivity index is 1.64. The lowest BCUT2D eigenvalue weighted by atomic mass is 9.87. The van der Waals surface area contributed by atoms with Crippen LogP contribution in [0.3, 0.4) is 0 Å². The fraction of sp³-hybridized carbons (Fsp3) is 0.0500. The molecular formula is C20H12OS2. The predicted molar refractivity (Wildman–Crippen MR) is 97.5 cm³/mol. The van der Waals surface area contributed by atoms with Crippen molar-refractivity contribution in [3.8, 4) is 0 Å². The average Bonchev–Trinajstić information content (AvgIpc) is 2.59. The van der Waals surface area contributed by atoms with E-state index in [9.17, 15) is 4.79 Å². The first-order chi connectivity index (χ1) is 11.3. The molecule has 0 fully saturated rings. The van der Waals surface area contributed by atoms with Gasteiger partial charge in [0.2, 0.25) is 0 Å². The molecule has 1 heterocycles. The van der Waals surface area contributed by atoms with Crippen molar-refractivity contribution in [2.24, 2.45) is 5.92 Å². The minimum atomic E-state index is -0.103. The Morgan fingerprint density at radius 2 is 1.65 bits per heavy atom. The van der Waals surface area contributed by atoms with E-state index < -0.39 is 0 Å². The van der Waals surface area contributed by atoms with Gasteiger partial charge < -0.3 is 0 Å². The summed E-state index contributed by atoms with van der Waals surface area (Å²) >= 11 is 3.35. The fourth-order valence-corrected chi connectivity index (χ4v) is 5.60. The molecule has 5 rings (SSSR count). The van der Waals surface area contributed by atoms with Crippen LogP contribution in [0.1, 0.15) is 0 Å². The monoisotopic (exact) mass is 332 g/mol. The van der Waals surface area contributed by atoms with E-state index in [-0.39, 0.29) is 11.7 Å². The molecule has 3 aliphatic rings. The second-order valence-corrected chi connectivity index (χ2v) is 7.91. The number of thioether (sulfide) groups is 2. The summed E-state index contributed by atoms with van der Waals surface area (Å²) in [6.45, 7) is 0. The van der Waals surface area contributed by atoms with Crippen LogP contribution in [0.2, 0.25) is 0 Å². The van der Waals surface area contributed by atoms with Gasteiger partial charge in [-0.15, -0.1) is 0 Å². The molecule has 0 N–H and O–H groups in total. The van der Waals surface area contributed by atoms with Gasteiger partial charge in [0.1, 0.15) is 0 Å². The van der Waals surface area contributed by atoms with Gasteiger partial charge >= 0.3 is 0 Å². The van der Waals surface area contributed by atoms with Gasteiger partial charge in [-0.25, -0.2) is 0 Å². The molecule has 1 aliphatic heterocycles. The predicted octanol–water partition coefficient (Wildman–Crippen LogP) is 5.50. The molecule has 1 unspecified atom stereocenters. The SMILES string of the molecule is O=C1C2=C(C=C3C=CC=CC13)Sc1cc3ccccc3cc1S2. The lowest BCUT2D eigenvalue weighted by Crippen LogP contribution is -2.21. The summed E-state index contributed by atoms with van der Waals surface area (Å²) in [6.07, 6.45) is 10.2. The maximum atomic E-state index is 12.8. The summed E-state index contributed by atoms with van der Waals surface area (Å²) < 4.78 is 0. The Morgan fingerprint density at radius 3 is 2.43 bits per heavy atom. The number of allylic oxidation sites excluding steroid dienone is 7. The van der Waals surface area contributed by atoms with Crippen molar-refractivity contribution in [1.29, 1.82) is 0 Å². The van der Waals surface area contributed by atoms with Crippen molar-refractivity contribution < 1.29 is 4.79 Å². The first-order valence-corrected chi connectivity index (χ1v) is 9.16. The third-order valence-corrected chi connectivity index (χ3v) is 6.88. The zero-order chi connectivity index (χ0) is 15.4. The van der Waals surface area contributed by atoms with Crippen LogP contribution in [0, 0.1) is 5.92 Å². The van der Waals surface area contributed by atoms with Crippen LogP contribution in [0.25, 0.3) is 10.8 Å². The van der Waals surface area contributed by atoms with E-state index in [1.807, 2.05) is 24.3 Å². The van der Waals surface area contributed by atoms with Crippen molar-refractivity contribution in [1.82, 2.24) is 0 Å². The maximum absolute atomic E-state index is 12.8. The van der Waals surface area contributed by atoms with Crippen molar-refractivity contribution in [3.05, 3.63) is 82.2 Å². The van der Waals surface area contributed by atoms with Crippen molar-refractivity contribution in [2.45, 2.75) is 9.79 Å². The maximum Gasteiger partial charge on any atom is 0.181 e. The standard InChI is InChI=1S/C20H12OS2/c21-19-15-8-4-3-7-14(15)11-18-20(19)23-17-10-13-6-2-1-5-12(13)9-16(17)22-18/h1-11,15H. The zero-order valence-corrected chi connectivity index (χ0v) is 13.8. The molecule has 0 amide bonds. The van der Waals surface area contributed by atoms with E-state index in [2.05, 4.69) is 42.5 Å². The number of carbonyl (C=O) groups is 1. The summed E-state index contributed by atoms with van der Waals surface area (Å²) in [5, 5.41) is 2.47. The first kappa shape index (κ1) is 13.5. The van der Waals surface area contributed by atoms with Crippen LogP contribution in [0.15, 0.2) is 92.0 Å². The molecule has 3 heteroatoms. The summed E-state index contributed by atoms with van der Waals surface area (Å²) in [5.74, 6) is 0.128. The Hall–Kier alpha value is -1.97. The quantitative estimate of drug-likeness (QED) is 0.634. The number of hydrogen-bond donors (Lipinski definition) is 0. The number of benzene rings is 2. The van der Waals surface area contributed by atoms with Crippen LogP contribution >= 0.6 is 23.5 Å². The van der Waals surface area contributed by atoms with Crippen LogP contribution in [-0.4, -0.2) is 5.78 Å². The minimum Gasteiger partial charge on any atom is -0.292 e. The number of fused-ring (bicyclic) bond motifs is 3. The number of carbonyl (C=O) groups excluding carboxylic acids is 1. The Morgan fingerprint density at radius 1 is 0.913 bits per heavy atom. The van der Waals surface area contributed by atoms with E-state index in [0.29, 0.717) is 0 Å². The highest BCUT2D eigenvalue weighted by Gasteiger charge is 2.33. The summed E-state index contributed by atoms with van der Waals surface area (Å²) in [6, 6.07) is 12.8. The molecule has 110 valence electrons. The largest absolute Gasteiger partial charge is 0.292 e. The molecule has 0 saturated heterocycles. The van der Waals surface area contributed by atoms with Gasteiger partial charge in [-0.3, -0.25) is 4.79 Å². The molecule has 23 heavy (non-hydrogen) atoms. The Bertz CT molecular complexity index is 992. The molecule has 0 spiro atoms. The summed E-state index contributed by atoms with van der Waals surface area (Å²) in [4.78, 5) is 17.3. The van der Waals surface area contributed by atoms with Crippen molar-refractivity contribution in [2.75, 3.05) is 0 Å². The molecule has 0 aromatic heterocycles. The number of rotatable bonds is 0. The van der Waals surface area contributed by atoms with Crippen molar-refractivity contribution in [3.63, 3.8) is 0 Å². The van der Waals surface area contributed by atoms with Crippen LogP contribution < -0.4 is 0 Å². The van der Waals surface area contributed by atoms with Crippen LogP contribution in [-0.2, 0) is 4.79 Å². The fourth-order valence-electron chi connectivity index (χ4n) is 3.18. The topological polar surface area (TPSA) is 17.1 Å². The van der Waals surface area contributed by atoms with Gasteiger partial charge in [0.25, 0.3) is 0 Å². The molecule has 1 atom stereocenters. The van der Waals surface area contributed by atoms with E-state index in [1.54, 1.807) is 23.5 Å². The van der Waals surface area contributed by atoms with Gasteiger partial charge in [0.15, 0.2) is 5.78 Å². The number of hydrogen-bond acceptors (Lipinski definition) is 3. The van der Waals surface area contributed by atoms with Gasteiger partial charge in [-0.05, 0) is 34.6 Å². The Kier molecular flexibility index (Phi) is 2.94. The molecule has 0 bridgehead atoms. The third kappa shape index (κ3) is 2.07. The van der Waals surface area contributed by atoms with E-state index >= 15 is 0 Å². The number of ketones is 1. The molecule has 2 aromatic carbocycles. The molecular weight excluding hydrogens is 320 g/mol. The highest BCUT2D eigenvalue weighted by atomic mass is 32.2. The van der Waals surface area contributed by atoms with Gasteiger partial charge in [-0.2, -0.15) is 0 Å². The van der Waals surface area contributed by atoms with Gasteiger partial charge in [0, 0.05) is 14.7 Å². The first-order valence-electron chi connectivity index (χ1n) is 7.53. The number of Topliss-reactive ketones (excluding diaryl/α,β-unsaturated/α-hetero) is 1.